The van der Waals surface area contributed by atoms with Crippen LogP contribution in [0.1, 0.15) is 60.9 Å². The van der Waals surface area contributed by atoms with Gasteiger partial charge in [0, 0.05) is 6.07 Å². The highest BCUT2D eigenvalue weighted by Gasteiger charge is 2.31. The van der Waals surface area contributed by atoms with E-state index >= 15 is 0 Å². The maximum absolute atomic E-state index is 12.7. The molecule has 1 amide bonds. The van der Waals surface area contributed by atoms with Gasteiger partial charge in [0.15, 0.2) is 5.69 Å². The largest absolute Gasteiger partial charge is 0.317 e. The molecular formula is C17H25N7O. The van der Waals surface area contributed by atoms with E-state index in [4.69, 9.17) is 0 Å². The minimum atomic E-state index is -0.220. The van der Waals surface area contributed by atoms with Crippen LogP contribution in [0.25, 0.3) is 0 Å². The van der Waals surface area contributed by atoms with Gasteiger partial charge in [-0.15, -0.1) is 5.10 Å². The fraction of sp³-hybridized carbons (Fsp3) is 0.647. The van der Waals surface area contributed by atoms with Crippen molar-refractivity contribution in [2.45, 2.75) is 51.6 Å². The molecule has 2 aliphatic rings. The topological polar surface area (TPSA) is 89.7 Å². The number of amides is 1. The highest BCUT2D eigenvalue weighted by atomic mass is 16.2. The normalized spacial score (nSPS) is 19.8. The Morgan fingerprint density at radius 1 is 1.32 bits per heavy atom. The minimum Gasteiger partial charge on any atom is -0.317 e. The molecule has 0 aromatic carbocycles. The van der Waals surface area contributed by atoms with Crippen LogP contribution in [0.15, 0.2) is 12.3 Å². The number of aromatic nitrogens is 5. The van der Waals surface area contributed by atoms with Crippen LogP contribution in [0.4, 0.5) is 5.82 Å². The average Bonchev–Trinajstić information content (AvgIpc) is 3.26. The third-order valence-corrected chi connectivity index (χ3v) is 5.40. The van der Waals surface area contributed by atoms with Crippen molar-refractivity contribution in [2.75, 3.05) is 18.4 Å². The van der Waals surface area contributed by atoms with Gasteiger partial charge in [0.2, 0.25) is 0 Å². The Morgan fingerprint density at radius 2 is 2.08 bits per heavy atom. The summed E-state index contributed by atoms with van der Waals surface area (Å²) in [4.78, 5) is 12.7. The van der Waals surface area contributed by atoms with Crippen molar-refractivity contribution < 1.29 is 4.79 Å². The molecule has 2 aromatic rings. The number of hydrogen-bond acceptors (Lipinski definition) is 5. The van der Waals surface area contributed by atoms with E-state index in [0.29, 0.717) is 23.7 Å². The first-order valence-electron chi connectivity index (χ1n) is 9.12. The summed E-state index contributed by atoms with van der Waals surface area (Å²) in [6, 6.07) is 2.45. The van der Waals surface area contributed by atoms with Crippen molar-refractivity contribution >= 4 is 11.7 Å². The number of anilines is 1. The monoisotopic (exact) mass is 343 g/mol. The fourth-order valence-corrected chi connectivity index (χ4v) is 3.64. The molecule has 25 heavy (non-hydrogen) atoms. The molecule has 0 radical (unpaired) electrons. The SMILES string of the molecule is Cc1c(C(=O)Nc2ccnn2C(C)C2CC2)nnn1C1CCNCC1. The molecule has 2 aromatic heterocycles. The molecule has 1 saturated heterocycles. The summed E-state index contributed by atoms with van der Waals surface area (Å²) < 4.78 is 3.81. The summed E-state index contributed by atoms with van der Waals surface area (Å²) in [6.07, 6.45) is 6.22. The van der Waals surface area contributed by atoms with Gasteiger partial charge in [-0.05, 0) is 58.5 Å². The first kappa shape index (κ1) is 16.3. The van der Waals surface area contributed by atoms with Gasteiger partial charge < -0.3 is 10.6 Å². The number of rotatable bonds is 5. The van der Waals surface area contributed by atoms with Crippen LogP contribution in [-0.4, -0.2) is 43.8 Å². The zero-order valence-corrected chi connectivity index (χ0v) is 14.8. The van der Waals surface area contributed by atoms with Gasteiger partial charge in [0.1, 0.15) is 5.82 Å². The van der Waals surface area contributed by atoms with E-state index in [1.165, 1.54) is 12.8 Å². The summed E-state index contributed by atoms with van der Waals surface area (Å²) in [5.41, 5.74) is 1.22. The predicted octanol–water partition coefficient (Wildman–Crippen LogP) is 1.93. The van der Waals surface area contributed by atoms with E-state index in [1.54, 1.807) is 6.20 Å². The third-order valence-electron chi connectivity index (χ3n) is 5.40. The lowest BCUT2D eigenvalue weighted by Gasteiger charge is -2.23. The fourth-order valence-electron chi connectivity index (χ4n) is 3.64. The first-order valence-corrected chi connectivity index (χ1v) is 9.12. The molecule has 1 aliphatic heterocycles. The zero-order chi connectivity index (χ0) is 17.4. The van der Waals surface area contributed by atoms with E-state index < -0.39 is 0 Å². The predicted molar refractivity (Wildman–Crippen MR) is 93.5 cm³/mol. The van der Waals surface area contributed by atoms with Gasteiger partial charge in [0.05, 0.1) is 24.0 Å². The molecule has 8 nitrogen and oxygen atoms in total. The first-order chi connectivity index (χ1) is 12.1. The Bertz CT molecular complexity index is 755. The number of carbonyl (C=O) groups is 1. The van der Waals surface area contributed by atoms with Crippen LogP contribution < -0.4 is 10.6 Å². The number of piperidine rings is 1. The minimum absolute atomic E-state index is 0.220. The molecule has 1 saturated carbocycles. The molecule has 1 atom stereocenters. The van der Waals surface area contributed by atoms with Gasteiger partial charge in [0.25, 0.3) is 5.91 Å². The maximum atomic E-state index is 12.7. The Hall–Kier alpha value is -2.22. The summed E-state index contributed by atoms with van der Waals surface area (Å²) in [5.74, 6) is 1.17. The van der Waals surface area contributed by atoms with Crippen molar-refractivity contribution in [1.29, 1.82) is 0 Å². The molecule has 2 N–H and O–H groups in total. The molecule has 1 unspecified atom stereocenters. The molecule has 4 rings (SSSR count). The van der Waals surface area contributed by atoms with Crippen molar-refractivity contribution in [3.05, 3.63) is 23.7 Å². The number of nitrogens with zero attached hydrogens (tertiary/aromatic N) is 5. The number of nitrogens with one attached hydrogen (secondary N) is 2. The maximum Gasteiger partial charge on any atom is 0.279 e. The summed E-state index contributed by atoms with van der Waals surface area (Å²) >= 11 is 0. The second-order valence-corrected chi connectivity index (χ2v) is 7.14. The van der Waals surface area contributed by atoms with Crippen LogP contribution in [0.2, 0.25) is 0 Å². The van der Waals surface area contributed by atoms with Crippen molar-refractivity contribution in [3.63, 3.8) is 0 Å². The molecule has 2 fully saturated rings. The Kier molecular flexibility index (Phi) is 4.29. The summed E-state index contributed by atoms with van der Waals surface area (Å²) in [5, 5.41) is 19.1. The second kappa shape index (κ2) is 6.59. The third kappa shape index (κ3) is 3.18. The van der Waals surface area contributed by atoms with Crippen LogP contribution in [-0.2, 0) is 0 Å². The van der Waals surface area contributed by atoms with E-state index in [1.807, 2.05) is 22.4 Å². The standard InChI is InChI=1S/C17H25N7O/c1-11(13-3-4-13)24-15(7-10-19-24)20-17(25)16-12(2)23(22-21-16)14-5-8-18-9-6-14/h7,10-11,13-14,18H,3-6,8-9H2,1-2H3,(H,20,25). The van der Waals surface area contributed by atoms with E-state index in [-0.39, 0.29) is 5.91 Å². The molecule has 3 heterocycles. The second-order valence-electron chi connectivity index (χ2n) is 7.14. The van der Waals surface area contributed by atoms with Crippen LogP contribution in [0.3, 0.4) is 0 Å². The van der Waals surface area contributed by atoms with E-state index in [0.717, 1.165) is 37.4 Å². The Balaban J connectivity index is 1.50. The highest BCUT2D eigenvalue weighted by Crippen LogP contribution is 2.40. The van der Waals surface area contributed by atoms with Crippen molar-refractivity contribution in [3.8, 4) is 0 Å². The molecule has 0 bridgehead atoms. The van der Waals surface area contributed by atoms with Crippen molar-refractivity contribution in [2.24, 2.45) is 5.92 Å². The lowest BCUT2D eigenvalue weighted by Crippen LogP contribution is -2.30. The Labute approximate surface area is 147 Å². The lowest BCUT2D eigenvalue weighted by molar-refractivity contribution is 0.102. The van der Waals surface area contributed by atoms with Gasteiger partial charge in [-0.3, -0.25) is 4.79 Å². The van der Waals surface area contributed by atoms with Gasteiger partial charge in [-0.25, -0.2) is 9.36 Å². The van der Waals surface area contributed by atoms with Crippen LogP contribution in [0, 0.1) is 12.8 Å². The lowest BCUT2D eigenvalue weighted by atomic mass is 10.1. The average molecular weight is 343 g/mol. The number of hydrogen-bond donors (Lipinski definition) is 2. The van der Waals surface area contributed by atoms with Crippen molar-refractivity contribution in [1.82, 2.24) is 30.1 Å². The molecule has 8 heteroatoms. The quantitative estimate of drug-likeness (QED) is 0.866. The highest BCUT2D eigenvalue weighted by molar-refractivity contribution is 6.03. The molecular weight excluding hydrogens is 318 g/mol. The van der Waals surface area contributed by atoms with Gasteiger partial charge in [-0.2, -0.15) is 5.10 Å². The Morgan fingerprint density at radius 3 is 2.80 bits per heavy atom. The zero-order valence-electron chi connectivity index (χ0n) is 14.8. The van der Waals surface area contributed by atoms with Gasteiger partial charge >= 0.3 is 0 Å². The summed E-state index contributed by atoms with van der Waals surface area (Å²) in [6.45, 7) is 6.02. The van der Waals surface area contributed by atoms with E-state index in [9.17, 15) is 4.79 Å². The molecule has 0 spiro atoms. The number of carbonyl (C=O) groups excluding carboxylic acids is 1. The van der Waals surface area contributed by atoms with Crippen LogP contribution >= 0.6 is 0 Å². The van der Waals surface area contributed by atoms with Crippen LogP contribution in [0.5, 0.6) is 0 Å². The van der Waals surface area contributed by atoms with Gasteiger partial charge in [-0.1, -0.05) is 5.21 Å². The van der Waals surface area contributed by atoms with E-state index in [2.05, 4.69) is 33.0 Å². The molecule has 134 valence electrons. The molecule has 1 aliphatic carbocycles. The smallest absolute Gasteiger partial charge is 0.279 e. The summed E-state index contributed by atoms with van der Waals surface area (Å²) in [7, 11) is 0.